The number of allylic oxidation sites excluding steroid dienone is 1. The fourth-order valence-corrected chi connectivity index (χ4v) is 2.10. The van der Waals surface area contributed by atoms with E-state index in [-0.39, 0.29) is 0 Å². The molecular formula is C14H22O. The maximum absolute atomic E-state index is 10.2. The minimum Gasteiger partial charge on any atom is -0.386 e. The van der Waals surface area contributed by atoms with Gasteiger partial charge in [-0.2, -0.15) is 0 Å². The van der Waals surface area contributed by atoms with Crippen molar-refractivity contribution in [3.63, 3.8) is 0 Å². The van der Waals surface area contributed by atoms with Crippen LogP contribution in [-0.4, -0.2) is 10.7 Å². The molecule has 1 rings (SSSR count). The van der Waals surface area contributed by atoms with Crippen LogP contribution in [0.15, 0.2) is 12.2 Å². The van der Waals surface area contributed by atoms with Gasteiger partial charge in [-0.3, -0.25) is 0 Å². The summed E-state index contributed by atoms with van der Waals surface area (Å²) < 4.78 is 0. The normalized spacial score (nSPS) is 31.3. The van der Waals surface area contributed by atoms with Crippen molar-refractivity contribution < 1.29 is 5.11 Å². The van der Waals surface area contributed by atoms with Crippen molar-refractivity contribution in [2.75, 3.05) is 0 Å². The van der Waals surface area contributed by atoms with E-state index >= 15 is 0 Å². The molecule has 1 heteroatoms. The van der Waals surface area contributed by atoms with Crippen molar-refractivity contribution in [3.05, 3.63) is 12.2 Å². The second-order valence-electron chi connectivity index (χ2n) is 5.68. The molecule has 0 heterocycles. The summed E-state index contributed by atoms with van der Waals surface area (Å²) in [6.45, 7) is 6.73. The van der Waals surface area contributed by atoms with Crippen LogP contribution in [0.5, 0.6) is 0 Å². The first-order valence-corrected chi connectivity index (χ1v) is 5.73. The van der Waals surface area contributed by atoms with Crippen LogP contribution in [0, 0.1) is 23.7 Å². The van der Waals surface area contributed by atoms with Crippen LogP contribution in [0.1, 0.15) is 46.5 Å². The van der Waals surface area contributed by atoms with Crippen LogP contribution < -0.4 is 0 Å². The molecule has 0 bridgehead atoms. The van der Waals surface area contributed by atoms with Crippen molar-refractivity contribution >= 4 is 0 Å². The summed E-state index contributed by atoms with van der Waals surface area (Å²) in [6.07, 6.45) is 12.6. The highest BCUT2D eigenvalue weighted by atomic mass is 16.3. The topological polar surface area (TPSA) is 20.2 Å². The Morgan fingerprint density at radius 1 is 1.53 bits per heavy atom. The molecule has 0 saturated carbocycles. The number of terminal acetylenes is 1. The Morgan fingerprint density at radius 2 is 2.20 bits per heavy atom. The Kier molecular flexibility index (Phi) is 3.62. The monoisotopic (exact) mass is 206 g/mol. The van der Waals surface area contributed by atoms with Crippen LogP contribution in [0.3, 0.4) is 0 Å². The third-order valence-corrected chi connectivity index (χ3v) is 3.34. The molecule has 84 valence electrons. The van der Waals surface area contributed by atoms with E-state index in [1.807, 2.05) is 6.08 Å². The van der Waals surface area contributed by atoms with Gasteiger partial charge in [-0.15, -0.1) is 12.3 Å². The molecule has 1 N–H and O–H groups in total. The van der Waals surface area contributed by atoms with E-state index in [2.05, 4.69) is 32.8 Å². The average molecular weight is 206 g/mol. The summed E-state index contributed by atoms with van der Waals surface area (Å²) in [5.41, 5.74) is -0.349. The minimum atomic E-state index is -0.645. The van der Waals surface area contributed by atoms with Crippen LogP contribution in [0.25, 0.3) is 0 Å². The van der Waals surface area contributed by atoms with E-state index in [9.17, 15) is 5.11 Å². The van der Waals surface area contributed by atoms with Gasteiger partial charge in [0.15, 0.2) is 0 Å². The number of hydrogen-bond donors (Lipinski definition) is 1. The number of aliphatic hydroxyl groups is 1. The zero-order valence-corrected chi connectivity index (χ0v) is 10.1. The molecule has 1 aliphatic rings. The smallest absolute Gasteiger partial charge is 0.0837 e. The van der Waals surface area contributed by atoms with Gasteiger partial charge in [0.25, 0.3) is 0 Å². The number of rotatable bonds is 2. The highest BCUT2D eigenvalue weighted by molar-refractivity contribution is 5.10. The molecular weight excluding hydrogens is 184 g/mol. The summed E-state index contributed by atoms with van der Waals surface area (Å²) in [5, 5.41) is 10.2. The van der Waals surface area contributed by atoms with Gasteiger partial charge in [0.2, 0.25) is 0 Å². The lowest BCUT2D eigenvalue weighted by atomic mass is 9.72. The molecule has 1 aliphatic carbocycles. The second kappa shape index (κ2) is 4.41. The maximum atomic E-state index is 10.2. The van der Waals surface area contributed by atoms with E-state index in [0.29, 0.717) is 24.2 Å². The van der Waals surface area contributed by atoms with E-state index in [1.165, 1.54) is 0 Å². The molecule has 0 radical (unpaired) electrons. The first kappa shape index (κ1) is 12.3. The van der Waals surface area contributed by atoms with Gasteiger partial charge < -0.3 is 5.11 Å². The average Bonchev–Trinajstić information content (AvgIpc) is 2.14. The Balaban J connectivity index is 2.62. The lowest BCUT2D eigenvalue weighted by Crippen LogP contribution is -2.33. The van der Waals surface area contributed by atoms with Crippen LogP contribution in [0.4, 0.5) is 0 Å². The predicted octanol–water partition coefficient (Wildman–Crippen LogP) is 3.14. The van der Waals surface area contributed by atoms with Crippen molar-refractivity contribution in [1.29, 1.82) is 0 Å². The summed E-state index contributed by atoms with van der Waals surface area (Å²) in [5.74, 6) is 3.16. The molecule has 1 nitrogen and oxygen atoms in total. The molecule has 2 atom stereocenters. The minimum absolute atomic E-state index is 0.296. The molecule has 0 amide bonds. The van der Waals surface area contributed by atoms with Gasteiger partial charge in [0.05, 0.1) is 5.60 Å². The van der Waals surface area contributed by atoms with Gasteiger partial charge in [-0.25, -0.2) is 0 Å². The largest absolute Gasteiger partial charge is 0.386 e. The van der Waals surface area contributed by atoms with Crippen molar-refractivity contribution in [3.8, 4) is 12.3 Å². The fraction of sp³-hybridized carbons (Fsp3) is 0.714. The molecule has 0 aromatic carbocycles. The number of hydrogen-bond acceptors (Lipinski definition) is 1. The zero-order valence-electron chi connectivity index (χ0n) is 10.1. The zero-order chi connectivity index (χ0) is 11.5. The van der Waals surface area contributed by atoms with Gasteiger partial charge in [-0.05, 0) is 30.6 Å². The third kappa shape index (κ3) is 3.39. The highest BCUT2D eigenvalue weighted by Crippen LogP contribution is 2.38. The van der Waals surface area contributed by atoms with Crippen molar-refractivity contribution in [2.24, 2.45) is 11.3 Å². The van der Waals surface area contributed by atoms with E-state index in [0.717, 1.165) is 12.8 Å². The van der Waals surface area contributed by atoms with Crippen molar-refractivity contribution in [1.82, 2.24) is 0 Å². The van der Waals surface area contributed by atoms with Gasteiger partial charge in [0, 0.05) is 6.42 Å². The molecule has 0 aliphatic heterocycles. The Bertz CT molecular complexity index is 277. The maximum Gasteiger partial charge on any atom is 0.0837 e. The molecule has 0 aromatic rings. The first-order chi connectivity index (χ1) is 6.87. The van der Waals surface area contributed by atoms with E-state index < -0.39 is 5.60 Å². The van der Waals surface area contributed by atoms with Crippen LogP contribution in [-0.2, 0) is 0 Å². The summed E-state index contributed by atoms with van der Waals surface area (Å²) in [4.78, 5) is 0. The summed E-state index contributed by atoms with van der Waals surface area (Å²) in [7, 11) is 0. The summed E-state index contributed by atoms with van der Waals surface area (Å²) >= 11 is 0. The lowest BCUT2D eigenvalue weighted by Gasteiger charge is -2.36. The highest BCUT2D eigenvalue weighted by Gasteiger charge is 2.32. The van der Waals surface area contributed by atoms with Crippen LogP contribution in [0.2, 0.25) is 0 Å². The lowest BCUT2D eigenvalue weighted by molar-refractivity contribution is 0.0524. The van der Waals surface area contributed by atoms with Gasteiger partial charge >= 0.3 is 0 Å². The van der Waals surface area contributed by atoms with Gasteiger partial charge in [-0.1, -0.05) is 32.9 Å². The molecule has 0 spiro atoms. The Morgan fingerprint density at radius 3 is 2.60 bits per heavy atom. The molecule has 0 saturated heterocycles. The first-order valence-electron chi connectivity index (χ1n) is 5.73. The Labute approximate surface area is 93.6 Å². The molecule has 2 unspecified atom stereocenters. The molecule has 15 heavy (non-hydrogen) atoms. The predicted molar refractivity (Wildman–Crippen MR) is 64.3 cm³/mol. The van der Waals surface area contributed by atoms with E-state index in [4.69, 9.17) is 6.42 Å². The molecule has 0 fully saturated rings. The quantitative estimate of drug-likeness (QED) is 0.543. The van der Waals surface area contributed by atoms with Crippen LogP contribution >= 0.6 is 0 Å². The summed E-state index contributed by atoms with van der Waals surface area (Å²) in [6, 6.07) is 0. The second-order valence-corrected chi connectivity index (χ2v) is 5.68. The standard InChI is InChI=1S/C14H22O/c1-5-6-9-14(15)10-7-12(8-11-14)13(2,3)4/h1,7,10,12,15H,6,8-9,11H2,2-4H3. The van der Waals surface area contributed by atoms with E-state index in [1.54, 1.807) is 0 Å². The Hall–Kier alpha value is -0.740. The SMILES string of the molecule is C#CCCC1(O)C=CC(C(C)(C)C)CC1. The molecule has 0 aromatic heterocycles. The fourth-order valence-electron chi connectivity index (χ4n) is 2.10. The van der Waals surface area contributed by atoms with Gasteiger partial charge in [0.1, 0.15) is 0 Å². The van der Waals surface area contributed by atoms with Crippen molar-refractivity contribution in [2.45, 2.75) is 52.1 Å². The third-order valence-electron chi connectivity index (χ3n) is 3.34.